The van der Waals surface area contributed by atoms with Crippen LogP contribution >= 0.6 is 15.9 Å². The highest BCUT2D eigenvalue weighted by Gasteiger charge is 2.11. The Bertz CT molecular complexity index is 746. The largest absolute Gasteiger partial charge is 0.328 e. The van der Waals surface area contributed by atoms with Gasteiger partial charge in [-0.15, -0.1) is 0 Å². The van der Waals surface area contributed by atoms with Crippen molar-refractivity contribution in [1.29, 1.82) is 0 Å². The normalized spacial score (nSPS) is 12.8. The van der Waals surface area contributed by atoms with Crippen molar-refractivity contribution in [2.45, 2.75) is 19.4 Å². The highest BCUT2D eigenvalue weighted by Crippen LogP contribution is 2.25. The van der Waals surface area contributed by atoms with Gasteiger partial charge in [0.15, 0.2) is 0 Å². The Balaban J connectivity index is 2.20. The van der Waals surface area contributed by atoms with E-state index in [1.54, 1.807) is 0 Å². The number of nitrogens with two attached hydrogens (primary N) is 1. The van der Waals surface area contributed by atoms with E-state index >= 15 is 0 Å². The van der Waals surface area contributed by atoms with E-state index in [-0.39, 0.29) is 6.04 Å². The number of para-hydroxylation sites is 1. The molecule has 2 N–H and O–H groups in total. The fraction of sp³-hybridized carbons (Fsp3) is 0.188. The van der Waals surface area contributed by atoms with Crippen LogP contribution in [0.5, 0.6) is 0 Å². The Labute approximate surface area is 126 Å². The van der Waals surface area contributed by atoms with Gasteiger partial charge in [-0.3, -0.25) is 0 Å². The quantitative estimate of drug-likeness (QED) is 0.796. The number of halogens is 1. The number of hydrogen-bond acceptors (Lipinski definition) is 2. The van der Waals surface area contributed by atoms with Crippen LogP contribution in [0.1, 0.15) is 12.5 Å². The van der Waals surface area contributed by atoms with E-state index in [0.717, 1.165) is 27.5 Å². The van der Waals surface area contributed by atoms with E-state index in [9.17, 15) is 0 Å². The second kappa shape index (κ2) is 5.38. The molecule has 3 nitrogen and oxygen atoms in total. The van der Waals surface area contributed by atoms with Crippen LogP contribution in [0, 0.1) is 0 Å². The topological polar surface area (TPSA) is 43.8 Å². The lowest BCUT2D eigenvalue weighted by atomic mass is 10.1. The summed E-state index contributed by atoms with van der Waals surface area (Å²) in [5.41, 5.74) is 9.35. The fourth-order valence-corrected chi connectivity index (χ4v) is 2.77. The zero-order valence-electron chi connectivity index (χ0n) is 11.3. The summed E-state index contributed by atoms with van der Waals surface area (Å²) in [6, 6.07) is 14.6. The van der Waals surface area contributed by atoms with Gasteiger partial charge < -0.3 is 5.73 Å². The van der Waals surface area contributed by atoms with E-state index in [4.69, 9.17) is 5.73 Å². The van der Waals surface area contributed by atoms with Crippen molar-refractivity contribution < 1.29 is 0 Å². The first-order chi connectivity index (χ1) is 9.65. The fourth-order valence-electron chi connectivity index (χ4n) is 2.42. The van der Waals surface area contributed by atoms with Crippen molar-refractivity contribution in [2.75, 3.05) is 0 Å². The number of benzene rings is 2. The summed E-state index contributed by atoms with van der Waals surface area (Å²) in [5, 5.41) is 5.67. The molecule has 0 saturated heterocycles. The molecule has 102 valence electrons. The van der Waals surface area contributed by atoms with Gasteiger partial charge >= 0.3 is 0 Å². The average Bonchev–Trinajstić information content (AvgIpc) is 2.84. The Morgan fingerprint density at radius 2 is 2.05 bits per heavy atom. The van der Waals surface area contributed by atoms with Crippen molar-refractivity contribution in [3.05, 3.63) is 58.7 Å². The molecular formula is C16H16BrN3. The van der Waals surface area contributed by atoms with Crippen molar-refractivity contribution in [3.8, 4) is 5.69 Å². The molecule has 0 radical (unpaired) electrons. The first kappa shape index (κ1) is 13.3. The SMILES string of the molecule is CC(N)Cc1ccc(Br)cc1-n1ncc2ccccc21. The molecule has 0 aliphatic heterocycles. The average molecular weight is 330 g/mol. The maximum Gasteiger partial charge on any atom is 0.0741 e. The van der Waals surface area contributed by atoms with E-state index in [0.29, 0.717) is 0 Å². The molecule has 1 aromatic heterocycles. The zero-order valence-corrected chi connectivity index (χ0v) is 12.8. The Hall–Kier alpha value is -1.65. The first-order valence-electron chi connectivity index (χ1n) is 6.62. The minimum absolute atomic E-state index is 0.122. The van der Waals surface area contributed by atoms with Gasteiger partial charge in [0.1, 0.15) is 0 Å². The molecule has 3 aromatic rings. The molecule has 0 aliphatic rings. The summed E-state index contributed by atoms with van der Waals surface area (Å²) >= 11 is 3.54. The van der Waals surface area contributed by atoms with Crippen LogP contribution in [0.25, 0.3) is 16.6 Å². The summed E-state index contributed by atoms with van der Waals surface area (Å²) in [4.78, 5) is 0. The van der Waals surface area contributed by atoms with Crippen LogP contribution in [0.15, 0.2) is 53.1 Å². The second-order valence-corrected chi connectivity index (χ2v) is 5.99. The first-order valence-corrected chi connectivity index (χ1v) is 7.41. The molecule has 0 fully saturated rings. The highest BCUT2D eigenvalue weighted by molar-refractivity contribution is 9.10. The maximum atomic E-state index is 5.96. The standard InChI is InChI=1S/C16H16BrN3/c1-11(18)8-12-6-7-14(17)9-16(12)20-15-5-3-2-4-13(15)10-19-20/h2-7,9-11H,8,18H2,1H3. The van der Waals surface area contributed by atoms with Crippen LogP contribution in [-0.2, 0) is 6.42 Å². The minimum atomic E-state index is 0.122. The van der Waals surface area contributed by atoms with Gasteiger partial charge in [-0.25, -0.2) is 4.68 Å². The Morgan fingerprint density at radius 3 is 2.85 bits per heavy atom. The van der Waals surface area contributed by atoms with E-state index in [1.165, 1.54) is 5.56 Å². The molecule has 4 heteroatoms. The van der Waals surface area contributed by atoms with Crippen LogP contribution in [0.3, 0.4) is 0 Å². The summed E-state index contributed by atoms with van der Waals surface area (Å²) in [5.74, 6) is 0. The second-order valence-electron chi connectivity index (χ2n) is 5.07. The molecule has 0 bridgehead atoms. The van der Waals surface area contributed by atoms with Crippen molar-refractivity contribution in [1.82, 2.24) is 9.78 Å². The molecule has 0 saturated carbocycles. The predicted molar refractivity (Wildman–Crippen MR) is 86.1 cm³/mol. The van der Waals surface area contributed by atoms with Crippen LogP contribution < -0.4 is 5.73 Å². The molecule has 0 amide bonds. The third-order valence-corrected chi connectivity index (χ3v) is 3.79. The molecule has 0 aliphatic carbocycles. The molecule has 3 rings (SSSR count). The monoisotopic (exact) mass is 329 g/mol. The molecule has 0 spiro atoms. The van der Waals surface area contributed by atoms with Crippen LogP contribution in [-0.4, -0.2) is 15.8 Å². The van der Waals surface area contributed by atoms with Gasteiger partial charge in [0, 0.05) is 15.9 Å². The predicted octanol–water partition coefficient (Wildman–Crippen LogP) is 3.68. The highest BCUT2D eigenvalue weighted by atomic mass is 79.9. The number of aromatic nitrogens is 2. The molecule has 20 heavy (non-hydrogen) atoms. The molecule has 2 aromatic carbocycles. The van der Waals surface area contributed by atoms with Crippen molar-refractivity contribution >= 4 is 26.8 Å². The number of nitrogens with zero attached hydrogens (tertiary/aromatic N) is 2. The van der Waals surface area contributed by atoms with Gasteiger partial charge in [-0.05, 0) is 37.1 Å². The van der Waals surface area contributed by atoms with Crippen molar-refractivity contribution in [2.24, 2.45) is 5.73 Å². The minimum Gasteiger partial charge on any atom is -0.328 e. The molecule has 1 unspecified atom stereocenters. The van der Waals surface area contributed by atoms with E-state index in [1.807, 2.05) is 36.0 Å². The van der Waals surface area contributed by atoms with Crippen molar-refractivity contribution in [3.63, 3.8) is 0 Å². The lowest BCUT2D eigenvalue weighted by molar-refractivity contribution is 0.729. The Kier molecular flexibility index (Phi) is 3.59. The number of hydrogen-bond donors (Lipinski definition) is 1. The third kappa shape index (κ3) is 2.49. The number of fused-ring (bicyclic) bond motifs is 1. The van der Waals surface area contributed by atoms with Gasteiger partial charge in [-0.1, -0.05) is 40.2 Å². The number of rotatable bonds is 3. The maximum absolute atomic E-state index is 5.96. The summed E-state index contributed by atoms with van der Waals surface area (Å²) < 4.78 is 3.03. The third-order valence-electron chi connectivity index (χ3n) is 3.29. The van der Waals surface area contributed by atoms with Crippen LogP contribution in [0.2, 0.25) is 0 Å². The summed E-state index contributed by atoms with van der Waals surface area (Å²) in [6.45, 7) is 2.02. The van der Waals surface area contributed by atoms with Gasteiger partial charge in [0.05, 0.1) is 17.4 Å². The summed E-state index contributed by atoms with van der Waals surface area (Å²) in [6.07, 6.45) is 2.72. The van der Waals surface area contributed by atoms with Gasteiger partial charge in [-0.2, -0.15) is 5.10 Å². The summed E-state index contributed by atoms with van der Waals surface area (Å²) in [7, 11) is 0. The van der Waals surface area contributed by atoms with Gasteiger partial charge in [0.2, 0.25) is 0 Å². The van der Waals surface area contributed by atoms with E-state index < -0.39 is 0 Å². The Morgan fingerprint density at radius 1 is 1.25 bits per heavy atom. The molecule has 1 heterocycles. The smallest absolute Gasteiger partial charge is 0.0741 e. The zero-order chi connectivity index (χ0) is 14.1. The van der Waals surface area contributed by atoms with Gasteiger partial charge in [0.25, 0.3) is 0 Å². The lowest BCUT2D eigenvalue weighted by Crippen LogP contribution is -2.19. The lowest BCUT2D eigenvalue weighted by Gasteiger charge is -2.13. The van der Waals surface area contributed by atoms with E-state index in [2.05, 4.69) is 45.3 Å². The molecule has 1 atom stereocenters. The van der Waals surface area contributed by atoms with Crippen LogP contribution in [0.4, 0.5) is 0 Å². The molecular weight excluding hydrogens is 314 g/mol.